The highest BCUT2D eigenvalue weighted by atomic mass is 32.1. The van der Waals surface area contributed by atoms with Gasteiger partial charge in [-0.15, -0.1) is 22.7 Å². The summed E-state index contributed by atoms with van der Waals surface area (Å²) in [6.07, 6.45) is 4.00. The lowest BCUT2D eigenvalue weighted by molar-refractivity contribution is 0.0954. The zero-order valence-corrected chi connectivity index (χ0v) is 36.8. The number of ether oxygens (including phenoxy) is 1. The molecule has 0 unspecified atom stereocenters. The molecule has 7 heteroatoms. The molecule has 0 fully saturated rings. The summed E-state index contributed by atoms with van der Waals surface area (Å²) < 4.78 is 6.16. The lowest BCUT2D eigenvalue weighted by atomic mass is 9.67. The molecule has 63 heavy (non-hydrogen) atoms. The highest BCUT2D eigenvalue weighted by Gasteiger charge is 2.61. The molecule has 0 amide bonds. The number of thiophene rings is 2. The summed E-state index contributed by atoms with van der Waals surface area (Å²) in [4.78, 5) is 6.84. The van der Waals surface area contributed by atoms with Crippen LogP contribution in [0.1, 0.15) is 61.9 Å². The van der Waals surface area contributed by atoms with E-state index >= 15 is 0 Å². The van der Waals surface area contributed by atoms with Crippen molar-refractivity contribution in [2.24, 2.45) is 0 Å². The van der Waals surface area contributed by atoms with Crippen LogP contribution in [-0.2, 0) is 15.6 Å². The van der Waals surface area contributed by atoms with E-state index in [9.17, 15) is 15.8 Å². The van der Waals surface area contributed by atoms with E-state index in [2.05, 4.69) is 189 Å². The number of rotatable bonds is 8. The Morgan fingerprint density at radius 1 is 0.587 bits per heavy atom. The fraction of sp³-hybridized carbons (Fsp3) is 0.125. The number of benzene rings is 5. The average molecular weight is 849 g/mol. The Balaban J connectivity index is 1.32. The highest BCUT2D eigenvalue weighted by molar-refractivity contribution is 7.17. The molecular formula is C56H40N4OS2. The molecule has 7 aromatic rings. The lowest BCUT2D eigenvalue weighted by Crippen LogP contribution is -2.29. The molecule has 3 aliphatic rings. The second-order valence-corrected chi connectivity index (χ2v) is 18.8. The smallest absolute Gasteiger partial charge is 0.172 e. The van der Waals surface area contributed by atoms with Crippen LogP contribution in [0.25, 0.3) is 27.7 Å². The van der Waals surface area contributed by atoms with E-state index in [4.69, 9.17) is 4.74 Å². The van der Waals surface area contributed by atoms with Crippen molar-refractivity contribution in [1.29, 1.82) is 15.8 Å². The van der Waals surface area contributed by atoms with Crippen LogP contribution >= 0.6 is 22.7 Å². The molecule has 0 saturated carbocycles. The minimum atomic E-state index is -0.941. The molecule has 1 aliphatic heterocycles. The molecule has 2 aliphatic carbocycles. The van der Waals surface area contributed by atoms with Crippen molar-refractivity contribution in [2.75, 3.05) is 19.0 Å². The van der Waals surface area contributed by atoms with Crippen LogP contribution in [-0.4, -0.2) is 19.7 Å². The fourth-order valence-electron chi connectivity index (χ4n) is 10.0. The molecule has 302 valence electrons. The second-order valence-electron chi connectivity index (χ2n) is 16.7. The molecule has 0 spiro atoms. The largest absolute Gasteiger partial charge is 0.480 e. The Labute approximate surface area is 376 Å². The van der Waals surface area contributed by atoms with Crippen molar-refractivity contribution >= 4 is 45.6 Å². The van der Waals surface area contributed by atoms with Crippen molar-refractivity contribution in [1.82, 2.24) is 0 Å². The summed E-state index contributed by atoms with van der Waals surface area (Å²) in [7, 11) is 4.15. The first-order chi connectivity index (χ1) is 30.7. The van der Waals surface area contributed by atoms with Gasteiger partial charge in [0.25, 0.3) is 0 Å². The van der Waals surface area contributed by atoms with Gasteiger partial charge in [-0.25, -0.2) is 0 Å². The minimum absolute atomic E-state index is 0.0309. The maximum atomic E-state index is 10.4. The van der Waals surface area contributed by atoms with Crippen molar-refractivity contribution < 1.29 is 4.74 Å². The predicted molar refractivity (Wildman–Crippen MR) is 256 cm³/mol. The Kier molecular flexibility index (Phi) is 9.54. The first kappa shape index (κ1) is 39.7. The number of anilines is 1. The number of allylic oxidation sites excluding steroid dienone is 4. The minimum Gasteiger partial charge on any atom is -0.480 e. The lowest BCUT2D eigenvalue weighted by Gasteiger charge is -2.35. The summed E-state index contributed by atoms with van der Waals surface area (Å²) in [6.45, 7) is 3.72. The number of fused-ring (bicyclic) bond motifs is 4. The molecule has 0 saturated heterocycles. The molecular weight excluding hydrogens is 809 g/mol. The molecule has 3 heterocycles. The molecule has 5 nitrogen and oxygen atoms in total. The van der Waals surface area contributed by atoms with E-state index in [1.165, 1.54) is 64.7 Å². The van der Waals surface area contributed by atoms with E-state index in [1.807, 2.05) is 43.4 Å². The Hall–Kier alpha value is -7.47. The van der Waals surface area contributed by atoms with Crippen molar-refractivity contribution in [3.63, 3.8) is 0 Å². The molecule has 0 radical (unpaired) electrons. The highest BCUT2D eigenvalue weighted by Crippen LogP contribution is 2.72. The summed E-state index contributed by atoms with van der Waals surface area (Å²) in [5.41, 5.74) is 10.4. The molecule has 10 rings (SSSR count). The number of nitriles is 3. The van der Waals surface area contributed by atoms with E-state index in [0.717, 1.165) is 10.6 Å². The molecule has 2 aromatic heterocycles. The Morgan fingerprint density at radius 2 is 1.05 bits per heavy atom. The van der Waals surface area contributed by atoms with Crippen molar-refractivity contribution in [3.05, 3.63) is 234 Å². The van der Waals surface area contributed by atoms with Crippen LogP contribution in [0.2, 0.25) is 0 Å². The topological polar surface area (TPSA) is 83.8 Å². The third-order valence-electron chi connectivity index (χ3n) is 12.7. The third-order valence-corrected chi connectivity index (χ3v) is 15.0. The van der Waals surface area contributed by atoms with E-state index in [0.29, 0.717) is 5.57 Å². The zero-order chi connectivity index (χ0) is 43.5. The van der Waals surface area contributed by atoms with Gasteiger partial charge in [0, 0.05) is 44.9 Å². The van der Waals surface area contributed by atoms with Gasteiger partial charge in [0.1, 0.15) is 29.4 Å². The van der Waals surface area contributed by atoms with Crippen LogP contribution in [0.3, 0.4) is 0 Å². The van der Waals surface area contributed by atoms with Crippen LogP contribution in [0.5, 0.6) is 0 Å². The van der Waals surface area contributed by atoms with Gasteiger partial charge in [-0.1, -0.05) is 140 Å². The normalized spacial score (nSPS) is 16.2. The van der Waals surface area contributed by atoms with Crippen LogP contribution in [0.15, 0.2) is 186 Å². The monoisotopic (exact) mass is 848 g/mol. The van der Waals surface area contributed by atoms with Gasteiger partial charge in [-0.3, -0.25) is 0 Å². The zero-order valence-electron chi connectivity index (χ0n) is 35.2. The summed E-state index contributed by atoms with van der Waals surface area (Å²) in [5.74, 6) is 0.0309. The predicted octanol–water partition coefficient (Wildman–Crippen LogP) is 13.1. The second kappa shape index (κ2) is 15.2. The van der Waals surface area contributed by atoms with Gasteiger partial charge in [0.05, 0.1) is 10.8 Å². The first-order valence-corrected chi connectivity index (χ1v) is 22.4. The maximum Gasteiger partial charge on any atom is 0.172 e. The average Bonchev–Trinajstić information content (AvgIpc) is 4.11. The van der Waals surface area contributed by atoms with Gasteiger partial charge in [0.2, 0.25) is 0 Å². The quantitative estimate of drug-likeness (QED) is 0.142. The SMILES string of the molecule is CN(C)c1ccc(-c2cc3c(s2)C2=C(c4sc(/C=C/C5=C(C#N)C(=C(C#N)C#N)OC5(C)C)cc4C2(c2ccccc2)c2ccccc2)C3(c2ccccc2)c2ccccc2)cc1. The number of hydrogen-bond donors (Lipinski definition) is 0. The van der Waals surface area contributed by atoms with Gasteiger partial charge < -0.3 is 9.64 Å². The van der Waals surface area contributed by atoms with E-state index in [-0.39, 0.29) is 16.9 Å². The van der Waals surface area contributed by atoms with Gasteiger partial charge in [0.15, 0.2) is 11.3 Å². The van der Waals surface area contributed by atoms with E-state index < -0.39 is 16.4 Å². The first-order valence-electron chi connectivity index (χ1n) is 20.8. The molecule has 0 N–H and O–H groups in total. The van der Waals surface area contributed by atoms with Gasteiger partial charge >= 0.3 is 0 Å². The molecule has 0 bridgehead atoms. The number of nitrogens with zero attached hydrogens (tertiary/aromatic N) is 4. The standard InChI is InChI=1S/C56H40N4OS2/c1-54(2)45(44(35-59)51(61-54)37(33-57)34-58)30-29-43-31-46-52(62-43)49-50(55(46,38-17-9-5-10-18-38)39-19-11-6-12-20-39)53-47(32-48(63-53)36-25-27-42(28-26-36)60(3)4)56(49,40-21-13-7-14-22-40)41-23-15-8-16-24-41/h5-32H,1-4H3/b30-29+. The van der Waals surface area contributed by atoms with Crippen molar-refractivity contribution in [3.8, 4) is 28.6 Å². The van der Waals surface area contributed by atoms with Gasteiger partial charge in [-0.2, -0.15) is 15.8 Å². The van der Waals surface area contributed by atoms with Crippen LogP contribution in [0, 0.1) is 34.0 Å². The van der Waals surface area contributed by atoms with Crippen LogP contribution in [0.4, 0.5) is 5.69 Å². The summed E-state index contributed by atoms with van der Waals surface area (Å²) in [5, 5.41) is 29.9. The third kappa shape index (κ3) is 5.84. The molecule has 0 atom stereocenters. The van der Waals surface area contributed by atoms with Crippen LogP contribution < -0.4 is 4.90 Å². The molecule has 5 aromatic carbocycles. The summed E-state index contributed by atoms with van der Waals surface area (Å²) in [6, 6.07) is 63.6. The Bertz CT molecular complexity index is 3110. The van der Waals surface area contributed by atoms with E-state index in [1.54, 1.807) is 11.3 Å². The van der Waals surface area contributed by atoms with Gasteiger partial charge in [-0.05, 0) is 94.3 Å². The fourth-order valence-corrected chi connectivity index (χ4v) is 12.6. The van der Waals surface area contributed by atoms with Crippen molar-refractivity contribution in [2.45, 2.75) is 30.3 Å². The Morgan fingerprint density at radius 3 is 1.49 bits per heavy atom. The maximum absolute atomic E-state index is 10.4. The number of hydrogen-bond acceptors (Lipinski definition) is 7. The summed E-state index contributed by atoms with van der Waals surface area (Å²) >= 11 is 3.64.